The van der Waals surface area contributed by atoms with Crippen molar-refractivity contribution in [2.24, 2.45) is 0 Å². The fourth-order valence-corrected chi connectivity index (χ4v) is 4.77. The van der Waals surface area contributed by atoms with E-state index in [-0.39, 0.29) is 17.3 Å². The number of nitrogens with zero attached hydrogens (tertiary/aromatic N) is 3. The van der Waals surface area contributed by atoms with Crippen molar-refractivity contribution in [2.45, 2.75) is 24.7 Å². The Balaban J connectivity index is 1.92. The molecule has 0 spiro atoms. The van der Waals surface area contributed by atoms with E-state index in [1.54, 1.807) is 47.4 Å². The van der Waals surface area contributed by atoms with Crippen LogP contribution in [0, 0.1) is 0 Å². The third-order valence-electron chi connectivity index (χ3n) is 5.31. The molecule has 6 nitrogen and oxygen atoms in total. The number of likely N-dealkylation sites (N-methyl/N-ethyl adjacent to an activating group) is 1. The van der Waals surface area contributed by atoms with Crippen molar-refractivity contribution in [3.63, 3.8) is 0 Å². The van der Waals surface area contributed by atoms with Crippen LogP contribution >= 0.6 is 0 Å². The number of hydrogen-bond donors (Lipinski definition) is 0. The lowest BCUT2D eigenvalue weighted by atomic mass is 10.0. The van der Waals surface area contributed by atoms with Gasteiger partial charge < -0.3 is 9.80 Å². The zero-order chi connectivity index (χ0) is 21.0. The van der Waals surface area contributed by atoms with E-state index in [2.05, 4.69) is 18.7 Å². The monoisotopic (exact) mass is 415 g/mol. The van der Waals surface area contributed by atoms with Crippen molar-refractivity contribution in [2.75, 3.05) is 44.1 Å². The molecule has 0 aliphatic carbocycles. The third-order valence-corrected chi connectivity index (χ3v) is 7.10. The number of rotatable bonds is 6. The molecular formula is C22H29N3O3S. The van der Waals surface area contributed by atoms with E-state index in [1.165, 1.54) is 4.31 Å². The summed E-state index contributed by atoms with van der Waals surface area (Å²) in [6.07, 6.45) is 0. The van der Waals surface area contributed by atoms with Crippen molar-refractivity contribution in [1.82, 2.24) is 9.80 Å². The molecule has 1 fully saturated rings. The topological polar surface area (TPSA) is 60.9 Å². The zero-order valence-electron chi connectivity index (χ0n) is 17.3. The molecule has 1 amide bonds. The highest BCUT2D eigenvalue weighted by molar-refractivity contribution is 7.92. The SMILES string of the molecule is CC(C)c1ccc(N(CC(=O)N2CCN(C)CC2)S(=O)(=O)c2ccccc2)cc1. The molecule has 0 atom stereocenters. The van der Waals surface area contributed by atoms with Crippen LogP contribution in [0.15, 0.2) is 59.5 Å². The van der Waals surface area contributed by atoms with Crippen molar-refractivity contribution in [1.29, 1.82) is 0 Å². The lowest BCUT2D eigenvalue weighted by Gasteiger charge is -2.34. The Morgan fingerprint density at radius 3 is 2.10 bits per heavy atom. The molecule has 0 aromatic heterocycles. The van der Waals surface area contributed by atoms with E-state index < -0.39 is 10.0 Å². The molecule has 29 heavy (non-hydrogen) atoms. The molecule has 156 valence electrons. The number of anilines is 1. The molecule has 2 aromatic carbocycles. The highest BCUT2D eigenvalue weighted by Crippen LogP contribution is 2.26. The summed E-state index contributed by atoms with van der Waals surface area (Å²) in [6.45, 7) is 6.78. The summed E-state index contributed by atoms with van der Waals surface area (Å²) in [6, 6.07) is 15.7. The fraction of sp³-hybridized carbons (Fsp3) is 0.409. The maximum absolute atomic E-state index is 13.4. The molecule has 7 heteroatoms. The molecule has 0 N–H and O–H groups in total. The molecule has 1 heterocycles. The van der Waals surface area contributed by atoms with Crippen LogP contribution in [-0.2, 0) is 14.8 Å². The van der Waals surface area contributed by atoms with Gasteiger partial charge in [-0.3, -0.25) is 9.10 Å². The number of sulfonamides is 1. The van der Waals surface area contributed by atoms with Crippen LogP contribution in [0.2, 0.25) is 0 Å². The first kappa shape index (κ1) is 21.3. The quantitative estimate of drug-likeness (QED) is 0.728. The molecule has 0 radical (unpaired) electrons. The van der Waals surface area contributed by atoms with Crippen LogP contribution in [0.3, 0.4) is 0 Å². The predicted molar refractivity (Wildman–Crippen MR) is 116 cm³/mol. The summed E-state index contributed by atoms with van der Waals surface area (Å²) in [5.41, 5.74) is 1.62. The Hall–Kier alpha value is -2.38. The van der Waals surface area contributed by atoms with E-state index in [4.69, 9.17) is 0 Å². The summed E-state index contributed by atoms with van der Waals surface area (Å²) >= 11 is 0. The summed E-state index contributed by atoms with van der Waals surface area (Å²) in [5.74, 6) is 0.167. The second-order valence-electron chi connectivity index (χ2n) is 7.76. The van der Waals surface area contributed by atoms with Gasteiger partial charge in [0.2, 0.25) is 5.91 Å². The molecule has 1 aliphatic heterocycles. The van der Waals surface area contributed by atoms with Crippen molar-refractivity contribution < 1.29 is 13.2 Å². The molecule has 2 aromatic rings. The van der Waals surface area contributed by atoms with Gasteiger partial charge in [0.05, 0.1) is 10.6 Å². The van der Waals surface area contributed by atoms with Crippen LogP contribution in [0.5, 0.6) is 0 Å². The van der Waals surface area contributed by atoms with Gasteiger partial charge >= 0.3 is 0 Å². The first-order valence-corrected chi connectivity index (χ1v) is 11.4. The highest BCUT2D eigenvalue weighted by atomic mass is 32.2. The number of carbonyl (C=O) groups excluding carboxylic acids is 1. The van der Waals surface area contributed by atoms with Gasteiger partial charge in [0.15, 0.2) is 0 Å². The maximum Gasteiger partial charge on any atom is 0.264 e. The molecular weight excluding hydrogens is 386 g/mol. The van der Waals surface area contributed by atoms with Crippen LogP contribution in [0.25, 0.3) is 0 Å². The lowest BCUT2D eigenvalue weighted by Crippen LogP contribution is -2.50. The van der Waals surface area contributed by atoms with Gasteiger partial charge in [-0.15, -0.1) is 0 Å². The molecule has 3 rings (SSSR count). The number of piperazine rings is 1. The summed E-state index contributed by atoms with van der Waals surface area (Å²) in [5, 5.41) is 0. The van der Waals surface area contributed by atoms with Crippen molar-refractivity contribution >= 4 is 21.6 Å². The average Bonchev–Trinajstić information content (AvgIpc) is 2.73. The minimum absolute atomic E-state index is 0.175. The van der Waals surface area contributed by atoms with Crippen LogP contribution in [0.1, 0.15) is 25.3 Å². The Kier molecular flexibility index (Phi) is 6.59. The van der Waals surface area contributed by atoms with Gasteiger partial charge in [0.1, 0.15) is 6.54 Å². The maximum atomic E-state index is 13.4. The standard InChI is InChI=1S/C22H29N3O3S/c1-18(2)19-9-11-20(12-10-19)25(29(27,28)21-7-5-4-6-8-21)17-22(26)24-15-13-23(3)14-16-24/h4-12,18H,13-17H2,1-3H3. The largest absolute Gasteiger partial charge is 0.339 e. The molecule has 0 bridgehead atoms. The first-order chi connectivity index (χ1) is 13.8. The smallest absolute Gasteiger partial charge is 0.264 e. The van der Waals surface area contributed by atoms with Gasteiger partial charge in [0.25, 0.3) is 10.0 Å². The summed E-state index contributed by atoms with van der Waals surface area (Å²) in [7, 11) is -1.84. The Morgan fingerprint density at radius 2 is 1.55 bits per heavy atom. The van der Waals surface area contributed by atoms with Crippen LogP contribution in [-0.4, -0.2) is 63.9 Å². The van der Waals surface area contributed by atoms with Gasteiger partial charge in [-0.05, 0) is 42.8 Å². The molecule has 1 saturated heterocycles. The van der Waals surface area contributed by atoms with E-state index in [1.807, 2.05) is 19.2 Å². The van der Waals surface area contributed by atoms with Crippen molar-refractivity contribution in [3.05, 3.63) is 60.2 Å². The first-order valence-electron chi connectivity index (χ1n) is 9.93. The Bertz CT molecular complexity index is 920. The van der Waals surface area contributed by atoms with Crippen LogP contribution < -0.4 is 4.31 Å². The number of carbonyl (C=O) groups is 1. The minimum atomic E-state index is -3.86. The third kappa shape index (κ3) is 4.97. The highest BCUT2D eigenvalue weighted by Gasteiger charge is 2.29. The summed E-state index contributed by atoms with van der Waals surface area (Å²) < 4.78 is 28.0. The Morgan fingerprint density at radius 1 is 0.966 bits per heavy atom. The zero-order valence-corrected chi connectivity index (χ0v) is 18.1. The number of benzene rings is 2. The molecule has 0 saturated carbocycles. The van der Waals surface area contributed by atoms with Crippen molar-refractivity contribution in [3.8, 4) is 0 Å². The average molecular weight is 416 g/mol. The number of amides is 1. The number of hydrogen-bond acceptors (Lipinski definition) is 4. The predicted octanol–water partition coefficient (Wildman–Crippen LogP) is 2.78. The van der Waals surface area contributed by atoms with E-state index in [0.717, 1.165) is 18.7 Å². The van der Waals surface area contributed by atoms with E-state index in [0.29, 0.717) is 24.7 Å². The molecule has 1 aliphatic rings. The van der Waals surface area contributed by atoms with Gasteiger partial charge in [-0.1, -0.05) is 44.2 Å². The second-order valence-corrected chi connectivity index (χ2v) is 9.62. The van der Waals surface area contributed by atoms with Gasteiger partial charge in [-0.2, -0.15) is 0 Å². The second kappa shape index (κ2) is 8.97. The van der Waals surface area contributed by atoms with Gasteiger partial charge in [-0.25, -0.2) is 8.42 Å². The normalized spacial score (nSPS) is 15.5. The van der Waals surface area contributed by atoms with E-state index in [9.17, 15) is 13.2 Å². The summed E-state index contributed by atoms with van der Waals surface area (Å²) in [4.78, 5) is 17.0. The fourth-order valence-electron chi connectivity index (χ4n) is 3.34. The molecule has 0 unspecified atom stereocenters. The van der Waals surface area contributed by atoms with Gasteiger partial charge in [0, 0.05) is 26.2 Å². The lowest BCUT2D eigenvalue weighted by molar-refractivity contribution is -0.131. The Labute approximate surface area is 173 Å². The van der Waals surface area contributed by atoms with E-state index >= 15 is 0 Å². The minimum Gasteiger partial charge on any atom is -0.339 e. The van der Waals surface area contributed by atoms with Crippen LogP contribution in [0.4, 0.5) is 5.69 Å².